The molecule has 5 rings (SSSR count). The fraction of sp³-hybridized carbons (Fsp3) is 0.250. The number of ether oxygens (including phenoxy) is 1. The molecule has 0 atom stereocenters. The molecule has 0 fully saturated rings. The molecule has 0 saturated heterocycles. The lowest BCUT2D eigenvalue weighted by Crippen LogP contribution is -2.13. The predicted molar refractivity (Wildman–Crippen MR) is 135 cm³/mol. The molecule has 0 unspecified atom stereocenters. The smallest absolute Gasteiger partial charge is 0.227 e. The zero-order chi connectivity index (χ0) is 23.7. The van der Waals surface area contributed by atoms with Crippen molar-refractivity contribution < 1.29 is 9.84 Å². The van der Waals surface area contributed by atoms with Gasteiger partial charge in [-0.05, 0) is 31.4 Å². The summed E-state index contributed by atoms with van der Waals surface area (Å²) in [7, 11) is 0. The van der Waals surface area contributed by atoms with Crippen LogP contribution in [0.4, 0.5) is 0 Å². The molecule has 5 nitrogen and oxygen atoms in total. The maximum Gasteiger partial charge on any atom is 0.227 e. The number of aryl methyl sites for hydroxylation is 3. The number of aromatic nitrogens is 3. The van der Waals surface area contributed by atoms with Gasteiger partial charge in [-0.15, -0.1) is 11.8 Å². The van der Waals surface area contributed by atoms with E-state index in [-0.39, 0.29) is 6.61 Å². The summed E-state index contributed by atoms with van der Waals surface area (Å²) in [6.07, 6.45) is 3.32. The summed E-state index contributed by atoms with van der Waals surface area (Å²) >= 11 is 1.69. The number of pyridine rings is 1. The SMILES string of the molecule is CCc1ccc(-c2nc3c(c(SCc4ccc(C)cc4)n2)Cc2c(CO)cnc(C)c2O3)cc1. The maximum atomic E-state index is 9.88. The van der Waals surface area contributed by atoms with E-state index in [1.165, 1.54) is 16.7 Å². The molecule has 34 heavy (non-hydrogen) atoms. The number of thioether (sulfide) groups is 1. The van der Waals surface area contributed by atoms with Crippen LogP contribution in [-0.4, -0.2) is 20.1 Å². The monoisotopic (exact) mass is 469 g/mol. The molecule has 4 aromatic rings. The summed E-state index contributed by atoms with van der Waals surface area (Å²) in [6, 6.07) is 17.0. The van der Waals surface area contributed by atoms with Crippen LogP contribution in [0, 0.1) is 13.8 Å². The summed E-state index contributed by atoms with van der Waals surface area (Å²) in [5.74, 6) is 2.72. The number of aliphatic hydroxyl groups excluding tert-OH is 1. The topological polar surface area (TPSA) is 68.1 Å². The Balaban J connectivity index is 1.57. The van der Waals surface area contributed by atoms with Gasteiger partial charge < -0.3 is 9.84 Å². The van der Waals surface area contributed by atoms with E-state index < -0.39 is 0 Å². The first kappa shape index (κ1) is 22.6. The number of fused-ring (bicyclic) bond motifs is 2. The van der Waals surface area contributed by atoms with Gasteiger partial charge in [0.25, 0.3) is 0 Å². The lowest BCUT2D eigenvalue weighted by atomic mass is 9.99. The third-order valence-corrected chi connectivity index (χ3v) is 7.26. The zero-order valence-corrected chi connectivity index (χ0v) is 20.4. The molecule has 0 amide bonds. The van der Waals surface area contributed by atoms with Gasteiger partial charge in [0.05, 0.1) is 17.9 Å². The average Bonchev–Trinajstić information content (AvgIpc) is 2.87. The summed E-state index contributed by atoms with van der Waals surface area (Å²) in [5, 5.41) is 10.8. The van der Waals surface area contributed by atoms with Crippen LogP contribution in [0.1, 0.15) is 46.0 Å². The first-order chi connectivity index (χ1) is 16.6. The second-order valence-corrected chi connectivity index (χ2v) is 9.54. The van der Waals surface area contributed by atoms with Gasteiger partial charge in [0.15, 0.2) is 11.6 Å². The number of rotatable bonds is 6. The standard InChI is InChI=1S/C28H27N3O2S/c1-4-19-9-11-21(12-10-19)26-30-27-24(13-23-22(15-32)14-29-18(3)25(23)33-27)28(31-26)34-16-20-7-5-17(2)6-8-20/h5-12,14,32H,4,13,15-16H2,1-3H3. The summed E-state index contributed by atoms with van der Waals surface area (Å²) in [5.41, 5.74) is 8.22. The van der Waals surface area contributed by atoms with E-state index in [0.29, 0.717) is 23.9 Å². The van der Waals surface area contributed by atoms with Crippen LogP contribution in [0.5, 0.6) is 11.6 Å². The van der Waals surface area contributed by atoms with E-state index in [2.05, 4.69) is 67.4 Å². The Hall–Kier alpha value is -3.22. The van der Waals surface area contributed by atoms with Crippen molar-refractivity contribution in [1.82, 2.24) is 15.0 Å². The molecule has 0 radical (unpaired) electrons. The Bertz CT molecular complexity index is 1340. The first-order valence-corrected chi connectivity index (χ1v) is 12.5. The largest absolute Gasteiger partial charge is 0.436 e. The van der Waals surface area contributed by atoms with Crippen molar-refractivity contribution in [3.63, 3.8) is 0 Å². The molecule has 1 N–H and O–H groups in total. The van der Waals surface area contributed by atoms with Crippen LogP contribution in [-0.2, 0) is 25.2 Å². The van der Waals surface area contributed by atoms with Crippen molar-refractivity contribution in [1.29, 1.82) is 0 Å². The average molecular weight is 470 g/mol. The van der Waals surface area contributed by atoms with Crippen LogP contribution < -0.4 is 4.74 Å². The molecular weight excluding hydrogens is 442 g/mol. The lowest BCUT2D eigenvalue weighted by Gasteiger charge is -2.24. The molecule has 1 aliphatic heterocycles. The molecule has 0 bridgehead atoms. The third-order valence-electron chi connectivity index (χ3n) is 6.17. The Morgan fingerprint density at radius 2 is 1.68 bits per heavy atom. The van der Waals surface area contributed by atoms with E-state index in [1.54, 1.807) is 18.0 Å². The summed E-state index contributed by atoms with van der Waals surface area (Å²) < 4.78 is 6.33. The van der Waals surface area contributed by atoms with Crippen molar-refractivity contribution >= 4 is 11.8 Å². The van der Waals surface area contributed by atoms with E-state index in [0.717, 1.165) is 45.1 Å². The molecule has 0 spiro atoms. The van der Waals surface area contributed by atoms with Crippen LogP contribution in [0.25, 0.3) is 11.4 Å². The third kappa shape index (κ3) is 4.43. The highest BCUT2D eigenvalue weighted by atomic mass is 32.2. The lowest BCUT2D eigenvalue weighted by molar-refractivity contribution is 0.278. The molecule has 2 aromatic heterocycles. The number of hydrogen-bond donors (Lipinski definition) is 1. The van der Waals surface area contributed by atoms with Gasteiger partial charge in [-0.3, -0.25) is 4.98 Å². The van der Waals surface area contributed by atoms with Crippen LogP contribution in [0.2, 0.25) is 0 Å². The first-order valence-electron chi connectivity index (χ1n) is 11.5. The van der Waals surface area contributed by atoms with Gasteiger partial charge in [0.2, 0.25) is 5.88 Å². The van der Waals surface area contributed by atoms with Gasteiger partial charge >= 0.3 is 0 Å². The highest BCUT2D eigenvalue weighted by molar-refractivity contribution is 7.98. The Morgan fingerprint density at radius 3 is 2.38 bits per heavy atom. The number of nitrogens with zero attached hydrogens (tertiary/aromatic N) is 3. The highest BCUT2D eigenvalue weighted by Crippen LogP contribution is 2.43. The minimum atomic E-state index is -0.0805. The molecule has 0 aliphatic carbocycles. The normalized spacial score (nSPS) is 12.1. The van der Waals surface area contributed by atoms with Gasteiger partial charge in [0, 0.05) is 35.1 Å². The molecule has 172 valence electrons. The van der Waals surface area contributed by atoms with Crippen molar-refractivity contribution in [2.24, 2.45) is 0 Å². The van der Waals surface area contributed by atoms with Gasteiger partial charge in [-0.1, -0.05) is 61.0 Å². The minimum Gasteiger partial charge on any atom is -0.436 e. The van der Waals surface area contributed by atoms with Crippen molar-refractivity contribution in [2.45, 2.75) is 51.0 Å². The quantitative estimate of drug-likeness (QED) is 0.236. The second kappa shape index (κ2) is 9.57. The molecule has 1 aliphatic rings. The number of hydrogen-bond acceptors (Lipinski definition) is 6. The predicted octanol–water partition coefficient (Wildman–Crippen LogP) is 6.20. The number of aliphatic hydroxyl groups is 1. The Kier molecular flexibility index (Phi) is 6.35. The summed E-state index contributed by atoms with van der Waals surface area (Å²) in [6.45, 7) is 6.08. The van der Waals surface area contributed by atoms with Crippen LogP contribution in [0.3, 0.4) is 0 Å². The van der Waals surface area contributed by atoms with E-state index in [1.807, 2.05) is 6.92 Å². The Morgan fingerprint density at radius 1 is 0.941 bits per heavy atom. The summed E-state index contributed by atoms with van der Waals surface area (Å²) in [4.78, 5) is 14.2. The van der Waals surface area contributed by atoms with Crippen molar-refractivity contribution in [3.8, 4) is 23.0 Å². The van der Waals surface area contributed by atoms with E-state index in [9.17, 15) is 5.11 Å². The fourth-order valence-corrected chi connectivity index (χ4v) is 5.05. The number of benzene rings is 2. The van der Waals surface area contributed by atoms with Crippen molar-refractivity contribution in [2.75, 3.05) is 0 Å². The fourth-order valence-electron chi connectivity index (χ4n) is 4.07. The molecular formula is C28H27N3O2S. The molecule has 0 saturated carbocycles. The van der Waals surface area contributed by atoms with Gasteiger partial charge in [-0.25, -0.2) is 4.98 Å². The highest BCUT2D eigenvalue weighted by Gasteiger charge is 2.27. The molecule has 2 aromatic carbocycles. The van der Waals surface area contributed by atoms with E-state index >= 15 is 0 Å². The molecule has 3 heterocycles. The van der Waals surface area contributed by atoms with Crippen LogP contribution in [0.15, 0.2) is 59.8 Å². The maximum absolute atomic E-state index is 9.88. The van der Waals surface area contributed by atoms with Gasteiger partial charge in [0.1, 0.15) is 5.03 Å². The minimum absolute atomic E-state index is 0.0805. The van der Waals surface area contributed by atoms with E-state index in [4.69, 9.17) is 14.7 Å². The van der Waals surface area contributed by atoms with Crippen molar-refractivity contribution in [3.05, 3.63) is 93.8 Å². The Labute approximate surface area is 204 Å². The zero-order valence-electron chi connectivity index (χ0n) is 19.6. The molecule has 6 heteroatoms. The second-order valence-electron chi connectivity index (χ2n) is 8.57. The van der Waals surface area contributed by atoms with Gasteiger partial charge in [-0.2, -0.15) is 4.98 Å². The van der Waals surface area contributed by atoms with Crippen LogP contribution >= 0.6 is 11.8 Å².